The van der Waals surface area contributed by atoms with Crippen LogP contribution in [0.4, 0.5) is 4.39 Å². The average Bonchev–Trinajstić information content (AvgIpc) is 2.39. The number of esters is 1. The first kappa shape index (κ1) is 12.7. The zero-order valence-corrected chi connectivity index (χ0v) is 10.4. The molecule has 3 nitrogen and oxygen atoms in total. The lowest BCUT2D eigenvalue weighted by molar-refractivity contribution is -0.148. The summed E-state index contributed by atoms with van der Waals surface area (Å²) in [4.78, 5) is 15.7. The molecule has 1 aliphatic carbocycles. The van der Waals surface area contributed by atoms with Gasteiger partial charge in [0.1, 0.15) is 5.82 Å². The van der Waals surface area contributed by atoms with Crippen molar-refractivity contribution in [2.24, 2.45) is 5.92 Å². The topological polar surface area (TPSA) is 39.2 Å². The van der Waals surface area contributed by atoms with Crippen LogP contribution in [0.1, 0.15) is 31.9 Å². The second-order valence-electron chi connectivity index (χ2n) is 4.31. The smallest absolute Gasteiger partial charge is 0.309 e. The van der Waals surface area contributed by atoms with Crippen LogP contribution in [-0.2, 0) is 9.53 Å². The van der Waals surface area contributed by atoms with Gasteiger partial charge in [-0.05, 0) is 43.9 Å². The number of carbonyl (C=O) groups excluding carboxylic acids is 1. The summed E-state index contributed by atoms with van der Waals surface area (Å²) >= 11 is 0. The van der Waals surface area contributed by atoms with Gasteiger partial charge in [-0.3, -0.25) is 9.78 Å². The van der Waals surface area contributed by atoms with E-state index in [1.807, 2.05) is 6.08 Å². The van der Waals surface area contributed by atoms with E-state index in [9.17, 15) is 9.18 Å². The van der Waals surface area contributed by atoms with E-state index in [2.05, 4.69) is 4.98 Å². The Morgan fingerprint density at radius 2 is 2.44 bits per heavy atom. The van der Waals surface area contributed by atoms with Crippen molar-refractivity contribution in [2.75, 3.05) is 6.61 Å². The summed E-state index contributed by atoms with van der Waals surface area (Å²) in [7, 11) is 0. The van der Waals surface area contributed by atoms with E-state index in [1.54, 1.807) is 6.92 Å². The molecule has 0 aromatic carbocycles. The number of nitrogens with zero attached hydrogens (tertiary/aromatic N) is 1. The fourth-order valence-electron chi connectivity index (χ4n) is 2.12. The number of ether oxygens (including phenoxy) is 1. The van der Waals surface area contributed by atoms with Crippen molar-refractivity contribution >= 4 is 11.5 Å². The van der Waals surface area contributed by atoms with Crippen LogP contribution in [0, 0.1) is 11.7 Å². The number of hydrogen-bond acceptors (Lipinski definition) is 3. The molecule has 18 heavy (non-hydrogen) atoms. The molecule has 0 radical (unpaired) electrons. The van der Waals surface area contributed by atoms with Crippen molar-refractivity contribution < 1.29 is 13.9 Å². The van der Waals surface area contributed by atoms with Crippen LogP contribution < -0.4 is 0 Å². The number of pyridine rings is 1. The van der Waals surface area contributed by atoms with Gasteiger partial charge in [-0.1, -0.05) is 6.08 Å². The molecule has 0 aliphatic heterocycles. The SMILES string of the molecule is CCOC(=O)[C@H]1CC=C(c2cc(F)ccn2)CC1. The van der Waals surface area contributed by atoms with Gasteiger partial charge in [-0.15, -0.1) is 0 Å². The van der Waals surface area contributed by atoms with Gasteiger partial charge in [0.2, 0.25) is 0 Å². The maximum Gasteiger partial charge on any atom is 0.309 e. The predicted molar refractivity (Wildman–Crippen MR) is 66.1 cm³/mol. The lowest BCUT2D eigenvalue weighted by Crippen LogP contribution is -2.19. The van der Waals surface area contributed by atoms with Gasteiger partial charge < -0.3 is 4.74 Å². The number of rotatable bonds is 3. The number of carbonyl (C=O) groups is 1. The quantitative estimate of drug-likeness (QED) is 0.773. The molecule has 0 fully saturated rings. The van der Waals surface area contributed by atoms with E-state index in [4.69, 9.17) is 4.74 Å². The van der Waals surface area contributed by atoms with E-state index < -0.39 is 0 Å². The summed E-state index contributed by atoms with van der Waals surface area (Å²) in [6.45, 7) is 2.22. The van der Waals surface area contributed by atoms with Crippen LogP contribution in [0.25, 0.3) is 5.57 Å². The Bertz CT molecular complexity index is 471. The zero-order chi connectivity index (χ0) is 13.0. The Kier molecular flexibility index (Phi) is 4.07. The molecule has 0 bridgehead atoms. The van der Waals surface area contributed by atoms with Crippen LogP contribution in [0.15, 0.2) is 24.4 Å². The third-order valence-electron chi connectivity index (χ3n) is 3.08. The van der Waals surface area contributed by atoms with Crippen molar-refractivity contribution in [3.63, 3.8) is 0 Å². The first-order valence-electron chi connectivity index (χ1n) is 6.18. The highest BCUT2D eigenvalue weighted by Gasteiger charge is 2.23. The predicted octanol–water partition coefficient (Wildman–Crippen LogP) is 2.97. The van der Waals surface area contributed by atoms with Crippen LogP contribution in [0.5, 0.6) is 0 Å². The van der Waals surface area contributed by atoms with Gasteiger partial charge in [-0.25, -0.2) is 4.39 Å². The van der Waals surface area contributed by atoms with Gasteiger partial charge in [0.05, 0.1) is 18.2 Å². The average molecular weight is 249 g/mol. The lowest BCUT2D eigenvalue weighted by Gasteiger charge is -2.20. The molecule has 1 atom stereocenters. The van der Waals surface area contributed by atoms with E-state index in [-0.39, 0.29) is 17.7 Å². The summed E-state index contributed by atoms with van der Waals surface area (Å²) in [6, 6.07) is 2.75. The van der Waals surface area contributed by atoms with Gasteiger partial charge >= 0.3 is 5.97 Å². The van der Waals surface area contributed by atoms with E-state index in [1.165, 1.54) is 18.3 Å². The van der Waals surface area contributed by atoms with Crippen molar-refractivity contribution in [3.05, 3.63) is 35.9 Å². The van der Waals surface area contributed by atoms with Crippen LogP contribution in [0.3, 0.4) is 0 Å². The molecule has 0 amide bonds. The molecule has 96 valence electrons. The fraction of sp³-hybridized carbons (Fsp3) is 0.429. The Labute approximate surface area is 106 Å². The molecule has 1 aromatic heterocycles. The molecule has 1 aliphatic rings. The third-order valence-corrected chi connectivity index (χ3v) is 3.08. The Morgan fingerprint density at radius 3 is 3.06 bits per heavy atom. The molecule has 0 N–H and O–H groups in total. The van der Waals surface area contributed by atoms with Crippen molar-refractivity contribution in [3.8, 4) is 0 Å². The molecule has 1 aromatic rings. The number of aromatic nitrogens is 1. The molecule has 4 heteroatoms. The second-order valence-corrected chi connectivity index (χ2v) is 4.31. The molecule has 0 spiro atoms. The van der Waals surface area contributed by atoms with Crippen LogP contribution in [0.2, 0.25) is 0 Å². The zero-order valence-electron chi connectivity index (χ0n) is 10.4. The largest absolute Gasteiger partial charge is 0.466 e. The monoisotopic (exact) mass is 249 g/mol. The molecular formula is C14H16FNO2. The normalized spacial score (nSPS) is 19.2. The molecule has 2 rings (SSSR count). The molecular weight excluding hydrogens is 233 g/mol. The Morgan fingerprint density at radius 1 is 1.61 bits per heavy atom. The summed E-state index contributed by atoms with van der Waals surface area (Å²) in [5.74, 6) is -0.490. The summed E-state index contributed by atoms with van der Waals surface area (Å²) < 4.78 is 18.1. The first-order chi connectivity index (χ1) is 8.70. The summed E-state index contributed by atoms with van der Waals surface area (Å²) in [5.41, 5.74) is 1.67. The minimum atomic E-state index is -0.284. The maximum absolute atomic E-state index is 13.1. The maximum atomic E-state index is 13.1. The lowest BCUT2D eigenvalue weighted by atomic mass is 9.88. The highest BCUT2D eigenvalue weighted by molar-refractivity contribution is 5.75. The summed E-state index contributed by atoms with van der Waals surface area (Å²) in [6.07, 6.45) is 5.55. The first-order valence-corrected chi connectivity index (χ1v) is 6.18. The molecule has 0 saturated heterocycles. The highest BCUT2D eigenvalue weighted by atomic mass is 19.1. The Balaban J connectivity index is 2.05. The Hall–Kier alpha value is -1.71. The minimum Gasteiger partial charge on any atom is -0.466 e. The number of halogens is 1. The minimum absolute atomic E-state index is 0.0674. The number of allylic oxidation sites excluding steroid dienone is 2. The van der Waals surface area contributed by atoms with Gasteiger partial charge in [0, 0.05) is 6.20 Å². The molecule has 1 heterocycles. The van der Waals surface area contributed by atoms with Crippen molar-refractivity contribution in [1.82, 2.24) is 4.98 Å². The van der Waals surface area contributed by atoms with Crippen LogP contribution >= 0.6 is 0 Å². The second kappa shape index (κ2) is 5.76. The number of hydrogen-bond donors (Lipinski definition) is 0. The van der Waals surface area contributed by atoms with Crippen LogP contribution in [-0.4, -0.2) is 17.6 Å². The van der Waals surface area contributed by atoms with Gasteiger partial charge in [-0.2, -0.15) is 0 Å². The fourth-order valence-corrected chi connectivity index (χ4v) is 2.12. The third kappa shape index (κ3) is 2.94. The van der Waals surface area contributed by atoms with E-state index in [0.717, 1.165) is 18.4 Å². The van der Waals surface area contributed by atoms with Crippen molar-refractivity contribution in [1.29, 1.82) is 0 Å². The van der Waals surface area contributed by atoms with E-state index >= 15 is 0 Å². The van der Waals surface area contributed by atoms with Gasteiger partial charge in [0.15, 0.2) is 0 Å². The van der Waals surface area contributed by atoms with Gasteiger partial charge in [0.25, 0.3) is 0 Å². The van der Waals surface area contributed by atoms with E-state index in [0.29, 0.717) is 18.7 Å². The molecule has 0 unspecified atom stereocenters. The summed E-state index contributed by atoms with van der Waals surface area (Å²) in [5, 5.41) is 0. The molecule has 0 saturated carbocycles. The van der Waals surface area contributed by atoms with Crippen molar-refractivity contribution in [2.45, 2.75) is 26.2 Å². The standard InChI is InChI=1S/C14H16FNO2/c1-2-18-14(17)11-5-3-10(4-6-11)13-9-12(15)7-8-16-13/h3,7-9,11H,2,4-6H2,1H3/t11-/m0/s1. The highest BCUT2D eigenvalue weighted by Crippen LogP contribution is 2.30.